The van der Waals surface area contributed by atoms with Gasteiger partial charge in [-0.2, -0.15) is 0 Å². The third kappa shape index (κ3) is 2.87. The first kappa shape index (κ1) is 12.6. The number of halogens is 1. The van der Waals surface area contributed by atoms with Crippen LogP contribution in [0, 0.1) is 6.92 Å². The van der Waals surface area contributed by atoms with E-state index in [2.05, 4.69) is 10.3 Å². The van der Waals surface area contributed by atoms with Crippen molar-refractivity contribution in [2.45, 2.75) is 19.8 Å². The maximum absolute atomic E-state index is 10.5. The lowest BCUT2D eigenvalue weighted by atomic mass is 10.2. The Morgan fingerprint density at radius 1 is 1.50 bits per heavy atom. The average molecular weight is 266 g/mol. The Labute approximate surface area is 109 Å². The number of nitrogens with zero attached hydrogens (tertiary/aromatic N) is 3. The fourth-order valence-corrected chi connectivity index (χ4v) is 1.77. The van der Waals surface area contributed by atoms with Gasteiger partial charge in [0.25, 0.3) is 0 Å². The highest BCUT2D eigenvalue weighted by Crippen LogP contribution is 2.21. The van der Waals surface area contributed by atoms with E-state index in [4.69, 9.17) is 16.7 Å². The summed E-state index contributed by atoms with van der Waals surface area (Å²) in [6.07, 6.45) is 2.10. The van der Waals surface area contributed by atoms with Crippen molar-refractivity contribution in [1.82, 2.24) is 15.0 Å². The van der Waals surface area contributed by atoms with Gasteiger partial charge in [0.15, 0.2) is 0 Å². The number of carboxylic acids is 1. The molecule has 0 aliphatic carbocycles. The number of hydrogen-bond acceptors (Lipinski definition) is 3. The van der Waals surface area contributed by atoms with Crippen LogP contribution >= 0.6 is 11.6 Å². The largest absolute Gasteiger partial charge is 0.481 e. The normalized spacial score (nSPS) is 10.6. The molecule has 2 rings (SSSR count). The van der Waals surface area contributed by atoms with E-state index in [-0.39, 0.29) is 6.42 Å². The van der Waals surface area contributed by atoms with Crippen molar-refractivity contribution in [1.29, 1.82) is 0 Å². The van der Waals surface area contributed by atoms with Crippen molar-refractivity contribution in [2.24, 2.45) is 0 Å². The number of hydrogen-bond donors (Lipinski definition) is 1. The van der Waals surface area contributed by atoms with Crippen molar-refractivity contribution >= 4 is 17.6 Å². The van der Waals surface area contributed by atoms with Gasteiger partial charge in [0, 0.05) is 6.42 Å². The molecule has 2 aromatic rings. The first-order valence-electron chi connectivity index (χ1n) is 5.46. The first-order chi connectivity index (χ1) is 8.56. The van der Waals surface area contributed by atoms with Crippen LogP contribution in [0.1, 0.15) is 17.7 Å². The number of aryl methyl sites for hydroxylation is 2. The third-order valence-electron chi connectivity index (χ3n) is 2.48. The zero-order valence-electron chi connectivity index (χ0n) is 9.80. The predicted octanol–water partition coefficient (Wildman–Crippen LogP) is 2.25. The SMILES string of the molecule is Cc1ccc(Cl)c(-n2cc(CCC(=O)O)nn2)c1. The highest BCUT2D eigenvalue weighted by Gasteiger charge is 2.08. The van der Waals surface area contributed by atoms with Gasteiger partial charge < -0.3 is 5.11 Å². The molecular weight excluding hydrogens is 254 g/mol. The molecule has 0 saturated heterocycles. The van der Waals surface area contributed by atoms with Crippen LogP contribution in [-0.4, -0.2) is 26.1 Å². The van der Waals surface area contributed by atoms with Crippen molar-refractivity contribution < 1.29 is 9.90 Å². The van der Waals surface area contributed by atoms with Crippen LogP contribution in [0.25, 0.3) is 5.69 Å². The number of aromatic nitrogens is 3. The lowest BCUT2D eigenvalue weighted by molar-refractivity contribution is -0.136. The van der Waals surface area contributed by atoms with Gasteiger partial charge in [0.05, 0.1) is 29.0 Å². The minimum atomic E-state index is -0.849. The lowest BCUT2D eigenvalue weighted by Gasteiger charge is -2.03. The maximum atomic E-state index is 10.5. The van der Waals surface area contributed by atoms with E-state index in [0.717, 1.165) is 11.3 Å². The van der Waals surface area contributed by atoms with Crippen LogP contribution in [-0.2, 0) is 11.2 Å². The van der Waals surface area contributed by atoms with Crippen LogP contribution in [0.3, 0.4) is 0 Å². The summed E-state index contributed by atoms with van der Waals surface area (Å²) in [7, 11) is 0. The lowest BCUT2D eigenvalue weighted by Crippen LogP contribution is -1.97. The maximum Gasteiger partial charge on any atom is 0.303 e. The summed E-state index contributed by atoms with van der Waals surface area (Å²) in [5, 5.41) is 17.1. The summed E-state index contributed by atoms with van der Waals surface area (Å²) >= 11 is 6.08. The molecule has 1 heterocycles. The molecule has 1 N–H and O–H groups in total. The van der Waals surface area contributed by atoms with Gasteiger partial charge in [-0.1, -0.05) is 22.9 Å². The third-order valence-corrected chi connectivity index (χ3v) is 2.80. The van der Waals surface area contributed by atoms with Crippen LogP contribution in [0.5, 0.6) is 0 Å². The summed E-state index contributed by atoms with van der Waals surface area (Å²) in [6.45, 7) is 1.96. The first-order valence-corrected chi connectivity index (χ1v) is 5.83. The summed E-state index contributed by atoms with van der Waals surface area (Å²) in [4.78, 5) is 10.5. The van der Waals surface area contributed by atoms with Gasteiger partial charge in [-0.25, -0.2) is 4.68 Å². The van der Waals surface area contributed by atoms with Crippen LogP contribution < -0.4 is 0 Å². The van der Waals surface area contributed by atoms with E-state index in [1.54, 1.807) is 16.9 Å². The van der Waals surface area contributed by atoms with Gasteiger partial charge in [-0.15, -0.1) is 5.10 Å². The van der Waals surface area contributed by atoms with Gasteiger partial charge in [-0.05, 0) is 24.6 Å². The Bertz CT molecular complexity index is 580. The Balaban J connectivity index is 2.23. The fourth-order valence-electron chi connectivity index (χ4n) is 1.56. The minimum Gasteiger partial charge on any atom is -0.481 e. The highest BCUT2D eigenvalue weighted by atomic mass is 35.5. The van der Waals surface area contributed by atoms with E-state index in [1.807, 2.05) is 19.1 Å². The van der Waals surface area contributed by atoms with E-state index < -0.39 is 5.97 Å². The molecule has 0 atom stereocenters. The van der Waals surface area contributed by atoms with Gasteiger partial charge in [-0.3, -0.25) is 4.79 Å². The summed E-state index contributed by atoms with van der Waals surface area (Å²) < 4.78 is 1.56. The topological polar surface area (TPSA) is 68.0 Å². The van der Waals surface area contributed by atoms with E-state index in [1.165, 1.54) is 0 Å². The molecule has 0 saturated carbocycles. The van der Waals surface area contributed by atoms with Gasteiger partial charge >= 0.3 is 5.97 Å². The molecule has 18 heavy (non-hydrogen) atoms. The molecule has 5 nitrogen and oxygen atoms in total. The molecule has 0 aliphatic rings. The quantitative estimate of drug-likeness (QED) is 0.921. The Hall–Kier alpha value is -1.88. The van der Waals surface area contributed by atoms with Crippen molar-refractivity contribution in [3.63, 3.8) is 0 Å². The van der Waals surface area contributed by atoms with Crippen molar-refractivity contribution in [3.05, 3.63) is 40.7 Å². The molecule has 0 aliphatic heterocycles. The second-order valence-electron chi connectivity index (χ2n) is 4.00. The number of rotatable bonds is 4. The van der Waals surface area contributed by atoms with Crippen molar-refractivity contribution in [2.75, 3.05) is 0 Å². The van der Waals surface area contributed by atoms with E-state index in [9.17, 15) is 4.79 Å². The minimum absolute atomic E-state index is 0.0419. The van der Waals surface area contributed by atoms with Crippen LogP contribution in [0.2, 0.25) is 5.02 Å². The monoisotopic (exact) mass is 265 g/mol. The molecule has 0 amide bonds. The highest BCUT2D eigenvalue weighted by molar-refractivity contribution is 6.32. The predicted molar refractivity (Wildman–Crippen MR) is 67.1 cm³/mol. The molecule has 94 valence electrons. The van der Waals surface area contributed by atoms with Crippen molar-refractivity contribution in [3.8, 4) is 5.69 Å². The van der Waals surface area contributed by atoms with Crippen LogP contribution in [0.15, 0.2) is 24.4 Å². The van der Waals surface area contributed by atoms with E-state index >= 15 is 0 Å². The molecule has 1 aromatic carbocycles. The smallest absolute Gasteiger partial charge is 0.303 e. The van der Waals surface area contributed by atoms with E-state index in [0.29, 0.717) is 17.1 Å². The molecule has 0 bridgehead atoms. The molecule has 0 spiro atoms. The average Bonchev–Trinajstić information content (AvgIpc) is 2.78. The molecule has 1 aromatic heterocycles. The second-order valence-corrected chi connectivity index (χ2v) is 4.41. The summed E-state index contributed by atoms with van der Waals surface area (Å²) in [6, 6.07) is 5.61. The fraction of sp³-hybridized carbons (Fsp3) is 0.250. The zero-order valence-corrected chi connectivity index (χ0v) is 10.6. The number of aliphatic carboxylic acids is 1. The van der Waals surface area contributed by atoms with Gasteiger partial charge in [0.1, 0.15) is 0 Å². The number of benzene rings is 1. The molecule has 0 fully saturated rings. The molecule has 6 heteroatoms. The zero-order chi connectivity index (χ0) is 13.1. The molecular formula is C12H12ClN3O2. The summed E-state index contributed by atoms with van der Waals surface area (Å²) in [5.41, 5.74) is 2.44. The Morgan fingerprint density at radius 2 is 2.28 bits per heavy atom. The van der Waals surface area contributed by atoms with Crippen LogP contribution in [0.4, 0.5) is 0 Å². The number of carbonyl (C=O) groups is 1. The Morgan fingerprint density at radius 3 is 3.00 bits per heavy atom. The second kappa shape index (κ2) is 5.18. The Kier molecular flexibility index (Phi) is 3.62. The molecule has 0 radical (unpaired) electrons. The summed E-state index contributed by atoms with van der Waals surface area (Å²) in [5.74, 6) is -0.849. The standard InChI is InChI=1S/C12H12ClN3O2/c1-8-2-4-10(13)11(6-8)16-7-9(14-15-16)3-5-12(17)18/h2,4,6-7H,3,5H2,1H3,(H,17,18). The van der Waals surface area contributed by atoms with Gasteiger partial charge in [0.2, 0.25) is 0 Å². The number of carboxylic acid groups (broad SMARTS) is 1. The molecule has 0 unspecified atom stereocenters.